The maximum Gasteiger partial charge on any atom is 0.303 e. The van der Waals surface area contributed by atoms with Gasteiger partial charge in [-0.2, -0.15) is 0 Å². The number of aryl methyl sites for hydroxylation is 2. The quantitative estimate of drug-likeness (QED) is 0.884. The van der Waals surface area contributed by atoms with Crippen molar-refractivity contribution < 1.29 is 14.7 Å². The van der Waals surface area contributed by atoms with E-state index >= 15 is 0 Å². The summed E-state index contributed by atoms with van der Waals surface area (Å²) in [6.45, 7) is 2.00. The molecule has 0 fully saturated rings. The highest BCUT2D eigenvalue weighted by atomic mass is 16.4. The zero-order chi connectivity index (χ0) is 13.3. The number of likely N-dealkylation sites (N-methyl/N-ethyl adjacent to an activating group) is 1. The van der Waals surface area contributed by atoms with Gasteiger partial charge in [0.05, 0.1) is 12.1 Å². The fourth-order valence-corrected chi connectivity index (χ4v) is 2.53. The monoisotopic (exact) mass is 247 g/mol. The molecule has 0 aromatic heterocycles. The standard InChI is InChI=1S/C14H17NO3/c1-9-6-10(4-3-5-13(17)18)14-11(7-9)8-12(16)15(14)2/h6-7H,3-5,8H2,1-2H3,(H,17,18). The Bertz CT molecular complexity index is 508. The van der Waals surface area contributed by atoms with Crippen molar-refractivity contribution in [2.24, 2.45) is 0 Å². The third kappa shape index (κ3) is 2.37. The van der Waals surface area contributed by atoms with Gasteiger partial charge in [-0.05, 0) is 30.9 Å². The van der Waals surface area contributed by atoms with Crippen molar-refractivity contribution in [2.75, 3.05) is 11.9 Å². The van der Waals surface area contributed by atoms with Crippen LogP contribution in [0.5, 0.6) is 0 Å². The second kappa shape index (κ2) is 4.80. The number of anilines is 1. The van der Waals surface area contributed by atoms with E-state index in [0.29, 0.717) is 19.3 Å². The van der Waals surface area contributed by atoms with E-state index in [2.05, 4.69) is 6.07 Å². The fourth-order valence-electron chi connectivity index (χ4n) is 2.53. The summed E-state index contributed by atoms with van der Waals surface area (Å²) in [5.74, 6) is -0.668. The molecule has 0 saturated carbocycles. The Morgan fingerprint density at radius 1 is 1.44 bits per heavy atom. The largest absolute Gasteiger partial charge is 0.481 e. The number of carboxylic acids is 1. The molecule has 0 unspecified atom stereocenters. The average Bonchev–Trinajstić information content (AvgIpc) is 2.53. The van der Waals surface area contributed by atoms with Crippen molar-refractivity contribution in [3.8, 4) is 0 Å². The number of fused-ring (bicyclic) bond motifs is 1. The van der Waals surface area contributed by atoms with Gasteiger partial charge in [0.15, 0.2) is 0 Å². The van der Waals surface area contributed by atoms with Crippen LogP contribution in [0.4, 0.5) is 5.69 Å². The summed E-state index contributed by atoms with van der Waals surface area (Å²) in [4.78, 5) is 23.9. The van der Waals surface area contributed by atoms with Gasteiger partial charge < -0.3 is 10.0 Å². The number of aliphatic carboxylic acids is 1. The van der Waals surface area contributed by atoms with Crippen LogP contribution in [0.25, 0.3) is 0 Å². The molecule has 18 heavy (non-hydrogen) atoms. The number of amides is 1. The Labute approximate surface area is 106 Å². The molecule has 2 rings (SSSR count). The number of benzene rings is 1. The topological polar surface area (TPSA) is 57.6 Å². The number of nitrogens with zero attached hydrogens (tertiary/aromatic N) is 1. The third-order valence-corrected chi connectivity index (χ3v) is 3.30. The molecular formula is C14H17NO3. The van der Waals surface area contributed by atoms with Gasteiger partial charge in [-0.25, -0.2) is 0 Å². The van der Waals surface area contributed by atoms with E-state index in [1.165, 1.54) is 0 Å². The molecule has 0 atom stereocenters. The van der Waals surface area contributed by atoms with E-state index in [-0.39, 0.29) is 12.3 Å². The SMILES string of the molecule is Cc1cc(CCCC(=O)O)c2c(c1)CC(=O)N2C. The average molecular weight is 247 g/mol. The highest BCUT2D eigenvalue weighted by Crippen LogP contribution is 2.33. The van der Waals surface area contributed by atoms with Crippen LogP contribution < -0.4 is 4.90 Å². The van der Waals surface area contributed by atoms with Gasteiger partial charge in [-0.1, -0.05) is 17.7 Å². The first-order valence-electron chi connectivity index (χ1n) is 6.10. The molecule has 1 aliphatic heterocycles. The van der Waals surface area contributed by atoms with E-state index < -0.39 is 5.97 Å². The summed E-state index contributed by atoms with van der Waals surface area (Å²) in [5.41, 5.74) is 4.26. The normalized spacial score (nSPS) is 13.9. The molecule has 0 spiro atoms. The van der Waals surface area contributed by atoms with Crippen LogP contribution in [0.1, 0.15) is 29.5 Å². The van der Waals surface area contributed by atoms with Crippen LogP contribution >= 0.6 is 0 Å². The van der Waals surface area contributed by atoms with Gasteiger partial charge in [0, 0.05) is 13.5 Å². The lowest BCUT2D eigenvalue weighted by Crippen LogP contribution is -2.21. The lowest BCUT2D eigenvalue weighted by molar-refractivity contribution is -0.137. The van der Waals surface area contributed by atoms with Crippen molar-refractivity contribution in [1.29, 1.82) is 0 Å². The molecule has 0 bridgehead atoms. The van der Waals surface area contributed by atoms with Gasteiger partial charge in [0.1, 0.15) is 0 Å². The van der Waals surface area contributed by atoms with Gasteiger partial charge in [-0.15, -0.1) is 0 Å². The predicted octanol–water partition coefficient (Wildman–Crippen LogP) is 1.92. The molecular weight excluding hydrogens is 230 g/mol. The maximum atomic E-state index is 11.7. The van der Waals surface area contributed by atoms with Crippen molar-refractivity contribution in [3.05, 3.63) is 28.8 Å². The third-order valence-electron chi connectivity index (χ3n) is 3.30. The van der Waals surface area contributed by atoms with Crippen LogP contribution in [-0.4, -0.2) is 24.0 Å². The molecule has 0 radical (unpaired) electrons. The second-order valence-corrected chi connectivity index (χ2v) is 4.81. The van der Waals surface area contributed by atoms with Crippen LogP contribution in [0.2, 0.25) is 0 Å². The van der Waals surface area contributed by atoms with Crippen molar-refractivity contribution in [1.82, 2.24) is 0 Å². The minimum Gasteiger partial charge on any atom is -0.481 e. The molecule has 1 aromatic rings. The minimum atomic E-state index is -0.774. The van der Waals surface area contributed by atoms with E-state index in [1.807, 2.05) is 13.0 Å². The van der Waals surface area contributed by atoms with Crippen LogP contribution in [-0.2, 0) is 22.4 Å². The maximum absolute atomic E-state index is 11.7. The molecule has 1 aliphatic rings. The number of rotatable bonds is 4. The Morgan fingerprint density at radius 2 is 2.17 bits per heavy atom. The number of carbonyl (C=O) groups excluding carboxylic acids is 1. The first-order chi connectivity index (χ1) is 8.49. The molecule has 1 N–H and O–H groups in total. The molecule has 96 valence electrons. The van der Waals surface area contributed by atoms with Crippen molar-refractivity contribution >= 4 is 17.6 Å². The van der Waals surface area contributed by atoms with Crippen LogP contribution in [0.15, 0.2) is 12.1 Å². The first kappa shape index (κ1) is 12.6. The lowest BCUT2D eigenvalue weighted by atomic mass is 9.99. The smallest absolute Gasteiger partial charge is 0.303 e. The molecule has 1 amide bonds. The van der Waals surface area contributed by atoms with E-state index in [0.717, 1.165) is 22.4 Å². The molecule has 1 aromatic carbocycles. The molecule has 4 nitrogen and oxygen atoms in total. The molecule has 4 heteroatoms. The highest BCUT2D eigenvalue weighted by molar-refractivity contribution is 6.01. The lowest BCUT2D eigenvalue weighted by Gasteiger charge is -2.16. The van der Waals surface area contributed by atoms with Gasteiger partial charge in [0.25, 0.3) is 0 Å². The predicted molar refractivity (Wildman–Crippen MR) is 68.9 cm³/mol. The Kier molecular flexibility index (Phi) is 3.36. The zero-order valence-electron chi connectivity index (χ0n) is 10.7. The van der Waals surface area contributed by atoms with Gasteiger partial charge >= 0.3 is 5.97 Å². The summed E-state index contributed by atoms with van der Waals surface area (Å²) in [6.07, 6.45) is 1.93. The first-order valence-corrected chi connectivity index (χ1v) is 6.10. The summed E-state index contributed by atoms with van der Waals surface area (Å²) in [7, 11) is 1.78. The van der Waals surface area contributed by atoms with Gasteiger partial charge in [-0.3, -0.25) is 9.59 Å². The number of carboxylic acid groups (broad SMARTS) is 1. The summed E-state index contributed by atoms with van der Waals surface area (Å²) >= 11 is 0. The van der Waals surface area contributed by atoms with Crippen molar-refractivity contribution in [2.45, 2.75) is 32.6 Å². The summed E-state index contributed by atoms with van der Waals surface area (Å²) in [6, 6.07) is 4.09. The Morgan fingerprint density at radius 3 is 2.83 bits per heavy atom. The van der Waals surface area contributed by atoms with E-state index in [4.69, 9.17) is 5.11 Å². The number of hydrogen-bond donors (Lipinski definition) is 1. The van der Waals surface area contributed by atoms with E-state index in [1.54, 1.807) is 11.9 Å². The summed E-state index contributed by atoms with van der Waals surface area (Å²) < 4.78 is 0. The van der Waals surface area contributed by atoms with Crippen LogP contribution in [0, 0.1) is 6.92 Å². The highest BCUT2D eigenvalue weighted by Gasteiger charge is 2.26. The molecule has 0 aliphatic carbocycles. The fraction of sp³-hybridized carbons (Fsp3) is 0.429. The zero-order valence-corrected chi connectivity index (χ0v) is 10.7. The summed E-state index contributed by atoms with van der Waals surface area (Å²) in [5, 5.41) is 8.67. The minimum absolute atomic E-state index is 0.107. The Hall–Kier alpha value is -1.84. The molecule has 0 saturated heterocycles. The van der Waals surface area contributed by atoms with Gasteiger partial charge in [0.2, 0.25) is 5.91 Å². The van der Waals surface area contributed by atoms with Crippen molar-refractivity contribution in [3.63, 3.8) is 0 Å². The number of carbonyl (C=O) groups is 2. The van der Waals surface area contributed by atoms with E-state index in [9.17, 15) is 9.59 Å². The van der Waals surface area contributed by atoms with Crippen LogP contribution in [0.3, 0.4) is 0 Å². The Balaban J connectivity index is 2.25. The second-order valence-electron chi connectivity index (χ2n) is 4.81. The number of hydrogen-bond acceptors (Lipinski definition) is 2. The molecule has 1 heterocycles.